The molecule has 2 nitrogen and oxygen atoms in total. The van der Waals surface area contributed by atoms with Crippen molar-refractivity contribution in [1.29, 1.82) is 0 Å². The molecule has 2 N–H and O–H groups in total. The maximum absolute atomic E-state index is 5.51. The highest BCUT2D eigenvalue weighted by atomic mass is 15.1. The molecule has 0 atom stereocenters. The van der Waals surface area contributed by atoms with E-state index in [9.17, 15) is 0 Å². The van der Waals surface area contributed by atoms with E-state index >= 15 is 0 Å². The quantitative estimate of drug-likeness (QED) is 0.585. The molecule has 0 saturated heterocycles. The normalized spacial score (nSPS) is 9.40. The molecule has 0 aliphatic rings. The summed E-state index contributed by atoms with van der Waals surface area (Å²) >= 11 is 0. The topological polar surface area (TPSA) is 29.3 Å². The van der Waals surface area contributed by atoms with Crippen molar-refractivity contribution in [3.63, 3.8) is 0 Å². The highest BCUT2D eigenvalue weighted by Gasteiger charge is 1.93. The van der Waals surface area contributed by atoms with Crippen molar-refractivity contribution in [2.75, 3.05) is 24.7 Å². The monoisotopic (exact) mass is 135 g/mol. The SMILES string of the molecule is CN(C)c1[c]c(N)ccc1. The molecule has 0 bridgehead atoms. The van der Waals surface area contributed by atoms with Gasteiger partial charge in [-0.15, -0.1) is 0 Å². The zero-order valence-electron chi connectivity index (χ0n) is 6.26. The number of rotatable bonds is 1. The predicted octanol–water partition coefficient (Wildman–Crippen LogP) is 1.13. The Morgan fingerprint density at radius 3 is 2.50 bits per heavy atom. The first-order valence-corrected chi connectivity index (χ1v) is 3.15. The van der Waals surface area contributed by atoms with Gasteiger partial charge in [0.25, 0.3) is 0 Å². The van der Waals surface area contributed by atoms with Gasteiger partial charge in [0, 0.05) is 31.5 Å². The maximum Gasteiger partial charge on any atom is 0.0463 e. The molecule has 1 radical (unpaired) electrons. The van der Waals surface area contributed by atoms with Gasteiger partial charge < -0.3 is 10.6 Å². The number of nitrogen functional groups attached to an aromatic ring is 1. The molecule has 2 heteroatoms. The van der Waals surface area contributed by atoms with E-state index in [-0.39, 0.29) is 0 Å². The van der Waals surface area contributed by atoms with Crippen LogP contribution >= 0.6 is 0 Å². The lowest BCUT2D eigenvalue weighted by Crippen LogP contribution is -2.08. The molecule has 1 aromatic rings. The Morgan fingerprint density at radius 1 is 1.40 bits per heavy atom. The van der Waals surface area contributed by atoms with Crippen LogP contribution in [0.4, 0.5) is 11.4 Å². The highest BCUT2D eigenvalue weighted by Crippen LogP contribution is 2.12. The predicted molar refractivity (Wildman–Crippen MR) is 44.0 cm³/mol. The molecule has 0 spiro atoms. The number of anilines is 2. The van der Waals surface area contributed by atoms with Gasteiger partial charge in [0.2, 0.25) is 0 Å². The van der Waals surface area contributed by atoms with Crippen molar-refractivity contribution in [2.24, 2.45) is 0 Å². The molecule has 0 unspecified atom stereocenters. The van der Waals surface area contributed by atoms with Gasteiger partial charge >= 0.3 is 0 Å². The standard InChI is InChI=1S/C8H11N2/c1-10(2)8-5-3-4-7(9)6-8/h3-5H,9H2,1-2H3. The summed E-state index contributed by atoms with van der Waals surface area (Å²) in [5, 5.41) is 0. The van der Waals surface area contributed by atoms with Crippen LogP contribution in [0.15, 0.2) is 18.2 Å². The Morgan fingerprint density at radius 2 is 2.10 bits per heavy atom. The minimum atomic E-state index is 0.686. The molecule has 0 amide bonds. The van der Waals surface area contributed by atoms with E-state index < -0.39 is 0 Å². The van der Waals surface area contributed by atoms with E-state index in [0.717, 1.165) is 5.69 Å². The molecule has 0 aromatic heterocycles. The number of benzene rings is 1. The third kappa shape index (κ3) is 1.41. The number of hydrogen-bond acceptors (Lipinski definition) is 2. The van der Waals surface area contributed by atoms with Crippen molar-refractivity contribution in [1.82, 2.24) is 0 Å². The zero-order chi connectivity index (χ0) is 7.56. The fraction of sp³-hybridized carbons (Fsp3) is 0.250. The van der Waals surface area contributed by atoms with Gasteiger partial charge in [-0.2, -0.15) is 0 Å². The van der Waals surface area contributed by atoms with Crippen LogP contribution in [0.2, 0.25) is 0 Å². The van der Waals surface area contributed by atoms with Gasteiger partial charge in [-0.3, -0.25) is 0 Å². The fourth-order valence-electron chi connectivity index (χ4n) is 0.735. The number of hydrogen-bond donors (Lipinski definition) is 1. The number of nitrogens with zero attached hydrogens (tertiary/aromatic N) is 1. The van der Waals surface area contributed by atoms with Gasteiger partial charge in [-0.25, -0.2) is 0 Å². The molecule has 1 aromatic carbocycles. The molecule has 1 rings (SSSR count). The highest BCUT2D eigenvalue weighted by molar-refractivity contribution is 5.53. The molecule has 0 heterocycles. The summed E-state index contributed by atoms with van der Waals surface area (Å²) in [5.74, 6) is 0. The van der Waals surface area contributed by atoms with Crippen LogP contribution < -0.4 is 10.6 Å². The Hall–Kier alpha value is -1.18. The molecule has 53 valence electrons. The summed E-state index contributed by atoms with van der Waals surface area (Å²) in [6.07, 6.45) is 0. The van der Waals surface area contributed by atoms with Gasteiger partial charge in [-0.05, 0) is 12.1 Å². The lowest BCUT2D eigenvalue weighted by Gasteiger charge is -2.11. The van der Waals surface area contributed by atoms with E-state index in [2.05, 4.69) is 6.07 Å². The molecule has 0 fully saturated rings. The largest absolute Gasteiger partial charge is 0.398 e. The van der Waals surface area contributed by atoms with E-state index in [1.165, 1.54) is 0 Å². The van der Waals surface area contributed by atoms with Gasteiger partial charge in [-0.1, -0.05) is 6.07 Å². The summed E-state index contributed by atoms with van der Waals surface area (Å²) in [5.41, 5.74) is 7.21. The minimum absolute atomic E-state index is 0.686. The third-order valence-electron chi connectivity index (χ3n) is 1.28. The van der Waals surface area contributed by atoms with Crippen molar-refractivity contribution < 1.29 is 0 Å². The van der Waals surface area contributed by atoms with Crippen LogP contribution in [-0.4, -0.2) is 14.1 Å². The minimum Gasteiger partial charge on any atom is -0.398 e. The van der Waals surface area contributed by atoms with E-state index in [1.54, 1.807) is 0 Å². The van der Waals surface area contributed by atoms with E-state index in [4.69, 9.17) is 5.73 Å². The molecule has 10 heavy (non-hydrogen) atoms. The van der Waals surface area contributed by atoms with Gasteiger partial charge in [0.05, 0.1) is 0 Å². The summed E-state index contributed by atoms with van der Waals surface area (Å²) in [7, 11) is 3.93. The molecule has 0 aliphatic carbocycles. The molecular formula is C8H11N2. The third-order valence-corrected chi connectivity index (χ3v) is 1.28. The second-order valence-electron chi connectivity index (χ2n) is 2.39. The Bertz CT molecular complexity index is 218. The van der Waals surface area contributed by atoms with Crippen LogP contribution in [0.5, 0.6) is 0 Å². The summed E-state index contributed by atoms with van der Waals surface area (Å²) < 4.78 is 0. The fourth-order valence-corrected chi connectivity index (χ4v) is 0.735. The van der Waals surface area contributed by atoms with Crippen LogP contribution in [0, 0.1) is 6.07 Å². The van der Waals surface area contributed by atoms with Crippen LogP contribution in [-0.2, 0) is 0 Å². The summed E-state index contributed by atoms with van der Waals surface area (Å²) in [6, 6.07) is 8.72. The van der Waals surface area contributed by atoms with Crippen molar-refractivity contribution in [2.45, 2.75) is 0 Å². The van der Waals surface area contributed by atoms with Crippen molar-refractivity contribution in [3.05, 3.63) is 24.3 Å². The average molecular weight is 135 g/mol. The van der Waals surface area contributed by atoms with Crippen LogP contribution in [0.3, 0.4) is 0 Å². The lowest BCUT2D eigenvalue weighted by molar-refractivity contribution is 1.13. The zero-order valence-corrected chi connectivity index (χ0v) is 6.26. The first kappa shape index (κ1) is 6.93. The summed E-state index contributed by atoms with van der Waals surface area (Å²) in [6.45, 7) is 0. The Labute approximate surface area is 61.3 Å². The van der Waals surface area contributed by atoms with Crippen LogP contribution in [0.1, 0.15) is 0 Å². The Kier molecular flexibility index (Phi) is 1.81. The van der Waals surface area contributed by atoms with E-state index in [1.807, 2.05) is 37.2 Å². The second-order valence-corrected chi connectivity index (χ2v) is 2.39. The van der Waals surface area contributed by atoms with E-state index in [0.29, 0.717) is 5.69 Å². The smallest absolute Gasteiger partial charge is 0.0463 e. The van der Waals surface area contributed by atoms with Crippen LogP contribution in [0.25, 0.3) is 0 Å². The lowest BCUT2D eigenvalue weighted by atomic mass is 10.3. The van der Waals surface area contributed by atoms with Crippen molar-refractivity contribution in [3.8, 4) is 0 Å². The van der Waals surface area contributed by atoms with Gasteiger partial charge in [0.15, 0.2) is 0 Å². The van der Waals surface area contributed by atoms with Crippen molar-refractivity contribution >= 4 is 11.4 Å². The average Bonchev–Trinajstić information content (AvgIpc) is 1.88. The van der Waals surface area contributed by atoms with Gasteiger partial charge in [0.1, 0.15) is 0 Å². The molecular weight excluding hydrogens is 124 g/mol. The second kappa shape index (κ2) is 2.60. The first-order valence-electron chi connectivity index (χ1n) is 3.15. The summed E-state index contributed by atoms with van der Waals surface area (Å²) in [4.78, 5) is 1.97. The Balaban J connectivity index is 2.96. The molecule has 0 aliphatic heterocycles. The maximum atomic E-state index is 5.51. The first-order chi connectivity index (χ1) is 4.70. The molecule has 0 saturated carbocycles. The number of nitrogens with two attached hydrogens (primary N) is 1.